The molecule has 184 valence electrons. The number of morpholine rings is 1. The molecule has 8 nitrogen and oxygen atoms in total. The molecule has 0 atom stereocenters. The zero-order valence-electron chi connectivity index (χ0n) is 20.8. The summed E-state index contributed by atoms with van der Waals surface area (Å²) in [5, 5.41) is 5.62. The number of hydrogen-bond donors (Lipinski definition) is 1. The number of aromatic nitrogens is 5. The second kappa shape index (κ2) is 9.24. The third-order valence-corrected chi connectivity index (χ3v) is 7.85. The van der Waals surface area contributed by atoms with E-state index < -0.39 is 0 Å². The van der Waals surface area contributed by atoms with E-state index in [2.05, 4.69) is 39.9 Å². The number of pyridine rings is 2. The molecule has 2 fully saturated rings. The molecule has 1 saturated heterocycles. The molecule has 35 heavy (non-hydrogen) atoms. The minimum atomic E-state index is 0.350. The molecule has 8 heteroatoms. The van der Waals surface area contributed by atoms with E-state index in [0.29, 0.717) is 23.6 Å². The van der Waals surface area contributed by atoms with E-state index in [1.54, 1.807) is 18.0 Å². The van der Waals surface area contributed by atoms with Crippen LogP contribution >= 0.6 is 0 Å². The number of rotatable bonds is 5. The van der Waals surface area contributed by atoms with Crippen LogP contribution in [0.5, 0.6) is 5.75 Å². The van der Waals surface area contributed by atoms with Crippen LogP contribution in [0.4, 0.5) is 0 Å². The van der Waals surface area contributed by atoms with Crippen LogP contribution in [0.3, 0.4) is 0 Å². The van der Waals surface area contributed by atoms with Gasteiger partial charge in [-0.3, -0.25) is 9.88 Å². The second-order valence-electron chi connectivity index (χ2n) is 10.2. The Hall–Kier alpha value is -2.97. The van der Waals surface area contributed by atoms with Gasteiger partial charge in [-0.2, -0.15) is 5.10 Å². The summed E-state index contributed by atoms with van der Waals surface area (Å²) in [6.45, 7) is 8.42. The lowest BCUT2D eigenvalue weighted by molar-refractivity contribution is 0.00721. The fraction of sp³-hybridized carbons (Fsp3) is 0.519. The van der Waals surface area contributed by atoms with Gasteiger partial charge in [0.2, 0.25) is 0 Å². The van der Waals surface area contributed by atoms with Crippen LogP contribution in [0.1, 0.15) is 62.6 Å². The quantitative estimate of drug-likeness (QED) is 0.449. The summed E-state index contributed by atoms with van der Waals surface area (Å²) in [5.74, 6) is 1.59. The van der Waals surface area contributed by atoms with Crippen molar-refractivity contribution in [3.8, 4) is 17.0 Å². The number of methoxy groups -OCH3 is 1. The van der Waals surface area contributed by atoms with Gasteiger partial charge in [0.1, 0.15) is 6.33 Å². The summed E-state index contributed by atoms with van der Waals surface area (Å²) >= 11 is 0. The largest absolute Gasteiger partial charge is 0.493 e. The van der Waals surface area contributed by atoms with Gasteiger partial charge in [0.15, 0.2) is 11.4 Å². The summed E-state index contributed by atoms with van der Waals surface area (Å²) in [6, 6.07) is 5.09. The smallest absolute Gasteiger partial charge is 0.197 e. The average Bonchev–Trinajstić information content (AvgIpc) is 3.53. The Morgan fingerprint density at radius 2 is 1.89 bits per heavy atom. The maximum atomic E-state index is 5.61. The first-order valence-corrected chi connectivity index (χ1v) is 12.8. The number of ether oxygens (including phenoxy) is 2. The molecule has 1 N–H and O–H groups in total. The molecule has 0 radical (unpaired) electrons. The highest BCUT2D eigenvalue weighted by Gasteiger charge is 2.29. The molecular weight excluding hydrogens is 440 g/mol. The molecule has 0 aromatic carbocycles. The topological polar surface area (TPSA) is 80.6 Å². The molecule has 2 aliphatic rings. The molecule has 1 saturated carbocycles. The van der Waals surface area contributed by atoms with Crippen LogP contribution in [0.2, 0.25) is 0 Å². The number of hydrogen-bond acceptors (Lipinski definition) is 6. The Balaban J connectivity index is 1.32. The Labute approximate surface area is 205 Å². The van der Waals surface area contributed by atoms with Gasteiger partial charge >= 0.3 is 0 Å². The molecular formula is C27H34N6O2. The molecule has 0 amide bonds. The van der Waals surface area contributed by atoms with Gasteiger partial charge in [0, 0.05) is 47.9 Å². The molecule has 6 rings (SSSR count). The fourth-order valence-corrected chi connectivity index (χ4v) is 6.04. The zero-order valence-corrected chi connectivity index (χ0v) is 20.8. The highest BCUT2D eigenvalue weighted by atomic mass is 16.5. The lowest BCUT2D eigenvalue weighted by Crippen LogP contribution is -2.44. The van der Waals surface area contributed by atoms with Crippen LogP contribution in [0.25, 0.3) is 27.8 Å². The van der Waals surface area contributed by atoms with E-state index in [0.717, 1.165) is 48.7 Å². The Bertz CT molecular complexity index is 1330. The second-order valence-corrected chi connectivity index (χ2v) is 10.2. The van der Waals surface area contributed by atoms with Crippen molar-refractivity contribution in [2.75, 3.05) is 33.4 Å². The van der Waals surface area contributed by atoms with E-state index in [-0.39, 0.29) is 0 Å². The lowest BCUT2D eigenvalue weighted by Gasteiger charge is -2.38. The minimum absolute atomic E-state index is 0.350. The van der Waals surface area contributed by atoms with E-state index in [9.17, 15) is 0 Å². The SMILES string of the molecule is COc1cc(-c2[nH]c3cnc(C4CCC(N5CCOCC5)CC4)cc3c2C(C)C)cn2ncnc12. The van der Waals surface area contributed by atoms with Gasteiger partial charge < -0.3 is 14.5 Å². The van der Waals surface area contributed by atoms with Crippen LogP contribution in [-0.2, 0) is 4.74 Å². The van der Waals surface area contributed by atoms with Crippen molar-refractivity contribution < 1.29 is 9.47 Å². The molecule has 0 unspecified atom stereocenters. The van der Waals surface area contributed by atoms with Crippen molar-refractivity contribution in [3.63, 3.8) is 0 Å². The predicted octanol–water partition coefficient (Wildman–Crippen LogP) is 4.76. The Morgan fingerprint density at radius 1 is 1.09 bits per heavy atom. The number of fused-ring (bicyclic) bond motifs is 2. The number of nitrogens with zero attached hydrogens (tertiary/aromatic N) is 5. The van der Waals surface area contributed by atoms with Gasteiger partial charge in [-0.15, -0.1) is 0 Å². The standard InChI is InChI=1S/C27H34N6O2/c1-17(2)25-21-13-22(18-4-6-20(7-5-18)32-8-10-35-11-9-32)28-14-23(21)31-26(25)19-12-24(34-3)27-29-16-30-33(27)15-19/h12-18,20,31H,4-11H2,1-3H3. The summed E-state index contributed by atoms with van der Waals surface area (Å²) in [4.78, 5) is 15.5. The Morgan fingerprint density at radius 3 is 2.63 bits per heavy atom. The fourth-order valence-electron chi connectivity index (χ4n) is 6.04. The van der Waals surface area contributed by atoms with Crippen LogP contribution < -0.4 is 4.74 Å². The van der Waals surface area contributed by atoms with Crippen molar-refractivity contribution in [3.05, 3.63) is 42.1 Å². The normalized spacial score (nSPS) is 21.8. The van der Waals surface area contributed by atoms with Crippen molar-refractivity contribution in [2.24, 2.45) is 0 Å². The zero-order chi connectivity index (χ0) is 23.9. The molecule has 0 bridgehead atoms. The third-order valence-electron chi connectivity index (χ3n) is 7.85. The highest BCUT2D eigenvalue weighted by Crippen LogP contribution is 2.40. The van der Waals surface area contributed by atoms with E-state index in [4.69, 9.17) is 14.5 Å². The summed E-state index contributed by atoms with van der Waals surface area (Å²) in [5.41, 5.74) is 6.47. The molecule has 1 aliphatic heterocycles. The first-order chi connectivity index (χ1) is 17.1. The van der Waals surface area contributed by atoms with Gasteiger partial charge in [-0.25, -0.2) is 9.50 Å². The number of H-pyrrole nitrogens is 1. The van der Waals surface area contributed by atoms with E-state index in [1.807, 2.05) is 18.5 Å². The maximum Gasteiger partial charge on any atom is 0.197 e. The van der Waals surface area contributed by atoms with Gasteiger partial charge in [0.05, 0.1) is 37.7 Å². The minimum Gasteiger partial charge on any atom is -0.493 e. The molecule has 4 aromatic rings. The monoisotopic (exact) mass is 474 g/mol. The van der Waals surface area contributed by atoms with Gasteiger partial charge in [-0.1, -0.05) is 13.8 Å². The van der Waals surface area contributed by atoms with E-state index >= 15 is 0 Å². The van der Waals surface area contributed by atoms with Crippen molar-refractivity contribution in [1.82, 2.24) is 29.5 Å². The number of aromatic amines is 1. The lowest BCUT2D eigenvalue weighted by atomic mass is 9.82. The van der Waals surface area contributed by atoms with Gasteiger partial charge in [0.25, 0.3) is 0 Å². The van der Waals surface area contributed by atoms with Gasteiger partial charge in [-0.05, 0) is 49.3 Å². The summed E-state index contributed by atoms with van der Waals surface area (Å²) < 4.78 is 12.9. The van der Waals surface area contributed by atoms with Crippen molar-refractivity contribution in [2.45, 2.75) is 57.4 Å². The molecule has 4 aromatic heterocycles. The molecule has 1 aliphatic carbocycles. The maximum absolute atomic E-state index is 5.61. The van der Waals surface area contributed by atoms with E-state index in [1.165, 1.54) is 42.3 Å². The highest BCUT2D eigenvalue weighted by molar-refractivity contribution is 5.91. The summed E-state index contributed by atoms with van der Waals surface area (Å²) in [7, 11) is 1.67. The Kier molecular flexibility index (Phi) is 5.94. The first kappa shape index (κ1) is 22.5. The summed E-state index contributed by atoms with van der Waals surface area (Å²) in [6.07, 6.45) is 10.5. The molecule has 5 heterocycles. The third kappa shape index (κ3) is 4.08. The number of nitrogens with one attached hydrogen (secondary N) is 1. The van der Waals surface area contributed by atoms with Crippen LogP contribution in [0.15, 0.2) is 30.9 Å². The average molecular weight is 475 g/mol. The predicted molar refractivity (Wildman–Crippen MR) is 136 cm³/mol. The molecule has 0 spiro atoms. The van der Waals surface area contributed by atoms with Crippen LogP contribution in [0, 0.1) is 0 Å². The first-order valence-electron chi connectivity index (χ1n) is 12.8. The van der Waals surface area contributed by atoms with Crippen molar-refractivity contribution in [1.29, 1.82) is 0 Å². The van der Waals surface area contributed by atoms with Crippen molar-refractivity contribution >= 4 is 16.6 Å². The van der Waals surface area contributed by atoms with Crippen LogP contribution in [-0.4, -0.2) is 68.9 Å².